The average molecular weight is 265 g/mol. The van der Waals surface area contributed by atoms with Gasteiger partial charge in [-0.05, 0) is 13.8 Å². The largest absolute Gasteiger partial charge is 0.401 e. The molecule has 0 aliphatic carbocycles. The van der Waals surface area contributed by atoms with Crippen molar-refractivity contribution in [2.45, 2.75) is 32.6 Å². The van der Waals surface area contributed by atoms with Gasteiger partial charge in [-0.3, -0.25) is 4.90 Å². The van der Waals surface area contributed by atoms with Crippen molar-refractivity contribution in [3.8, 4) is 0 Å². The molecule has 5 nitrogen and oxygen atoms in total. The SMILES string of the molecule is CC(C)n1ncnc1CN(CCN)CC(F)(F)F. The highest BCUT2D eigenvalue weighted by atomic mass is 19.4. The Kier molecular flexibility index (Phi) is 5.09. The molecule has 0 amide bonds. The zero-order valence-electron chi connectivity index (χ0n) is 10.5. The highest BCUT2D eigenvalue weighted by Gasteiger charge is 2.31. The Hall–Kier alpha value is -1.15. The molecule has 0 saturated carbocycles. The number of hydrogen-bond acceptors (Lipinski definition) is 4. The molecular weight excluding hydrogens is 247 g/mol. The van der Waals surface area contributed by atoms with Crippen molar-refractivity contribution in [1.82, 2.24) is 19.7 Å². The molecule has 0 radical (unpaired) electrons. The molecule has 1 aromatic heterocycles. The lowest BCUT2D eigenvalue weighted by molar-refractivity contribution is -0.147. The monoisotopic (exact) mass is 265 g/mol. The van der Waals surface area contributed by atoms with E-state index in [4.69, 9.17) is 5.73 Å². The predicted molar refractivity (Wildman–Crippen MR) is 60.8 cm³/mol. The van der Waals surface area contributed by atoms with Crippen molar-refractivity contribution < 1.29 is 13.2 Å². The van der Waals surface area contributed by atoms with Crippen LogP contribution in [0, 0.1) is 0 Å². The van der Waals surface area contributed by atoms with Crippen LogP contribution in [-0.2, 0) is 6.54 Å². The normalized spacial score (nSPS) is 12.7. The summed E-state index contributed by atoms with van der Waals surface area (Å²) >= 11 is 0. The van der Waals surface area contributed by atoms with E-state index in [0.717, 1.165) is 0 Å². The minimum Gasteiger partial charge on any atom is -0.329 e. The summed E-state index contributed by atoms with van der Waals surface area (Å²) in [6, 6.07) is 0.0631. The molecule has 0 unspecified atom stereocenters. The Balaban J connectivity index is 2.73. The van der Waals surface area contributed by atoms with Crippen molar-refractivity contribution in [3.63, 3.8) is 0 Å². The zero-order chi connectivity index (χ0) is 13.8. The van der Waals surface area contributed by atoms with Crippen molar-refractivity contribution in [1.29, 1.82) is 0 Å². The molecule has 8 heteroatoms. The second kappa shape index (κ2) is 6.14. The van der Waals surface area contributed by atoms with Gasteiger partial charge in [0.1, 0.15) is 12.2 Å². The Morgan fingerprint density at radius 2 is 2.11 bits per heavy atom. The highest BCUT2D eigenvalue weighted by molar-refractivity contribution is 4.87. The van der Waals surface area contributed by atoms with Crippen LogP contribution in [0.1, 0.15) is 25.7 Å². The van der Waals surface area contributed by atoms with E-state index in [9.17, 15) is 13.2 Å². The lowest BCUT2D eigenvalue weighted by Gasteiger charge is -2.23. The average Bonchev–Trinajstić information content (AvgIpc) is 2.63. The number of halogens is 3. The summed E-state index contributed by atoms with van der Waals surface area (Å²) in [5.41, 5.74) is 5.32. The molecule has 104 valence electrons. The molecule has 0 bridgehead atoms. The third-order valence-electron chi connectivity index (χ3n) is 2.35. The van der Waals surface area contributed by atoms with Gasteiger partial charge in [0.2, 0.25) is 0 Å². The standard InChI is InChI=1S/C10H18F3N5/c1-8(2)18-9(15-7-16-18)5-17(4-3-14)6-10(11,12)13/h7-8H,3-6,14H2,1-2H3. The molecule has 0 spiro atoms. The molecular formula is C10H18F3N5. The number of nitrogens with two attached hydrogens (primary N) is 1. The van der Waals surface area contributed by atoms with Crippen molar-refractivity contribution in [3.05, 3.63) is 12.2 Å². The molecule has 1 heterocycles. The van der Waals surface area contributed by atoms with Crippen LogP contribution in [0.25, 0.3) is 0 Å². The van der Waals surface area contributed by atoms with Crippen molar-refractivity contribution >= 4 is 0 Å². The fourth-order valence-corrected chi connectivity index (χ4v) is 1.67. The fraction of sp³-hybridized carbons (Fsp3) is 0.800. The predicted octanol–water partition coefficient (Wildman–Crippen LogP) is 1.18. The summed E-state index contributed by atoms with van der Waals surface area (Å²) in [5.74, 6) is 0.516. The van der Waals surface area contributed by atoms with Gasteiger partial charge in [-0.1, -0.05) is 0 Å². The van der Waals surface area contributed by atoms with Gasteiger partial charge >= 0.3 is 6.18 Å². The zero-order valence-corrected chi connectivity index (χ0v) is 10.5. The lowest BCUT2D eigenvalue weighted by atomic mass is 10.3. The maximum atomic E-state index is 12.4. The van der Waals surface area contributed by atoms with Gasteiger partial charge in [-0.25, -0.2) is 9.67 Å². The molecule has 2 N–H and O–H groups in total. The summed E-state index contributed by atoms with van der Waals surface area (Å²) in [6.07, 6.45) is -2.89. The molecule has 0 aliphatic rings. The molecule has 1 rings (SSSR count). The number of aromatic nitrogens is 3. The molecule has 0 fully saturated rings. The minimum atomic E-state index is -4.24. The van der Waals surface area contributed by atoms with Crippen molar-refractivity contribution in [2.24, 2.45) is 5.73 Å². The maximum absolute atomic E-state index is 12.4. The van der Waals surface area contributed by atoms with Crippen molar-refractivity contribution in [2.75, 3.05) is 19.6 Å². The topological polar surface area (TPSA) is 60.0 Å². The third kappa shape index (κ3) is 4.61. The molecule has 0 saturated heterocycles. The van der Waals surface area contributed by atoms with E-state index in [2.05, 4.69) is 10.1 Å². The maximum Gasteiger partial charge on any atom is 0.401 e. The smallest absolute Gasteiger partial charge is 0.329 e. The number of hydrogen-bond donors (Lipinski definition) is 1. The van der Waals surface area contributed by atoms with Gasteiger partial charge in [0, 0.05) is 19.1 Å². The quantitative estimate of drug-likeness (QED) is 0.839. The first kappa shape index (κ1) is 14.9. The van der Waals surface area contributed by atoms with Crippen LogP contribution in [0.3, 0.4) is 0 Å². The van der Waals surface area contributed by atoms with E-state index >= 15 is 0 Å². The Bertz CT molecular complexity index is 361. The summed E-state index contributed by atoms with van der Waals surface area (Å²) in [5, 5.41) is 3.99. The van der Waals surface area contributed by atoms with E-state index in [1.165, 1.54) is 11.2 Å². The van der Waals surface area contributed by atoms with E-state index < -0.39 is 12.7 Å². The van der Waals surface area contributed by atoms with Gasteiger partial charge in [0.15, 0.2) is 0 Å². The van der Waals surface area contributed by atoms with E-state index in [1.54, 1.807) is 4.68 Å². The van der Waals surface area contributed by atoms with E-state index in [1.807, 2.05) is 13.8 Å². The Labute approximate surface area is 104 Å². The van der Waals surface area contributed by atoms with E-state index in [-0.39, 0.29) is 25.7 Å². The van der Waals surface area contributed by atoms with Gasteiger partial charge in [0.25, 0.3) is 0 Å². The van der Waals surface area contributed by atoms with E-state index in [0.29, 0.717) is 5.82 Å². The van der Waals surface area contributed by atoms with Crippen LogP contribution in [0.2, 0.25) is 0 Å². The van der Waals surface area contributed by atoms with Gasteiger partial charge in [-0.2, -0.15) is 18.3 Å². The van der Waals surface area contributed by atoms with Crippen LogP contribution >= 0.6 is 0 Å². The van der Waals surface area contributed by atoms with Crippen LogP contribution in [-0.4, -0.2) is 45.5 Å². The molecule has 0 aromatic carbocycles. The minimum absolute atomic E-state index is 0.0631. The third-order valence-corrected chi connectivity index (χ3v) is 2.35. The first-order chi connectivity index (χ1) is 8.33. The first-order valence-electron chi connectivity index (χ1n) is 5.71. The van der Waals surface area contributed by atoms with Gasteiger partial charge < -0.3 is 5.73 Å². The summed E-state index contributed by atoms with van der Waals surface area (Å²) in [4.78, 5) is 5.22. The highest BCUT2D eigenvalue weighted by Crippen LogP contribution is 2.18. The molecule has 0 aliphatic heterocycles. The second-order valence-corrected chi connectivity index (χ2v) is 4.33. The van der Waals surface area contributed by atoms with Crippen LogP contribution in [0.5, 0.6) is 0 Å². The molecule has 18 heavy (non-hydrogen) atoms. The van der Waals surface area contributed by atoms with Gasteiger partial charge in [0.05, 0.1) is 13.1 Å². The number of alkyl halides is 3. The lowest BCUT2D eigenvalue weighted by Crippen LogP contribution is -2.38. The number of nitrogens with zero attached hydrogens (tertiary/aromatic N) is 4. The van der Waals surface area contributed by atoms with Crippen LogP contribution in [0.4, 0.5) is 13.2 Å². The van der Waals surface area contributed by atoms with Gasteiger partial charge in [-0.15, -0.1) is 0 Å². The summed E-state index contributed by atoms with van der Waals surface area (Å²) in [7, 11) is 0. The molecule has 0 atom stereocenters. The Morgan fingerprint density at radius 3 is 2.61 bits per heavy atom. The van der Waals surface area contributed by atoms with Crippen LogP contribution < -0.4 is 5.73 Å². The fourth-order valence-electron chi connectivity index (χ4n) is 1.67. The summed E-state index contributed by atoms with van der Waals surface area (Å²) < 4.78 is 38.8. The first-order valence-corrected chi connectivity index (χ1v) is 5.71. The Morgan fingerprint density at radius 1 is 1.44 bits per heavy atom. The van der Waals surface area contributed by atoms with Crippen LogP contribution in [0.15, 0.2) is 6.33 Å². The summed E-state index contributed by atoms with van der Waals surface area (Å²) in [6.45, 7) is 3.24. The molecule has 1 aromatic rings. The second-order valence-electron chi connectivity index (χ2n) is 4.33. The number of rotatable bonds is 6.